The summed E-state index contributed by atoms with van der Waals surface area (Å²) in [6.07, 6.45) is -0.688. The molecule has 0 heterocycles. The van der Waals surface area contributed by atoms with Crippen LogP contribution in [0.15, 0.2) is 12.1 Å². The summed E-state index contributed by atoms with van der Waals surface area (Å²) in [6, 6.07) is 3.31. The predicted octanol–water partition coefficient (Wildman–Crippen LogP) is 1.24. The van der Waals surface area contributed by atoms with Gasteiger partial charge in [-0.15, -0.1) is 0 Å². The molecule has 0 aliphatic rings. The van der Waals surface area contributed by atoms with Gasteiger partial charge in [-0.3, -0.25) is 0 Å². The van der Waals surface area contributed by atoms with Crippen molar-refractivity contribution in [3.05, 3.63) is 28.3 Å². The molecule has 0 saturated heterocycles. The fourth-order valence-electron chi connectivity index (χ4n) is 1.96. The van der Waals surface area contributed by atoms with Gasteiger partial charge in [-0.25, -0.2) is 0 Å². The normalized spacial score (nSPS) is 14.5. The smallest absolute Gasteiger partial charge is 0.126 e. The summed E-state index contributed by atoms with van der Waals surface area (Å²) in [5.74, 6) is 0.723. The van der Waals surface area contributed by atoms with Gasteiger partial charge in [0, 0.05) is 17.1 Å². The zero-order valence-corrected chi connectivity index (χ0v) is 11.1. The van der Waals surface area contributed by atoms with Gasteiger partial charge in [0.1, 0.15) is 5.75 Å². The number of likely N-dealkylation sites (N-methyl/N-ethyl adjacent to an activating group) is 1. The Hall–Kier alpha value is -0.810. The molecular formula is C12H19ClN2O2. The Morgan fingerprint density at radius 2 is 2.18 bits per heavy atom. The van der Waals surface area contributed by atoms with Crippen LogP contribution in [0.3, 0.4) is 0 Å². The van der Waals surface area contributed by atoms with Crippen LogP contribution in [0.4, 0.5) is 0 Å². The van der Waals surface area contributed by atoms with E-state index in [-0.39, 0.29) is 12.6 Å². The first-order valence-corrected chi connectivity index (χ1v) is 5.82. The molecule has 17 heavy (non-hydrogen) atoms. The Morgan fingerprint density at radius 3 is 2.65 bits per heavy atom. The lowest BCUT2D eigenvalue weighted by molar-refractivity contribution is 0.137. The van der Waals surface area contributed by atoms with Crippen molar-refractivity contribution in [2.24, 2.45) is 5.73 Å². The molecule has 4 nitrogen and oxygen atoms in total. The molecule has 5 heteroatoms. The number of aryl methyl sites for hydroxylation is 1. The maximum Gasteiger partial charge on any atom is 0.126 e. The zero-order chi connectivity index (χ0) is 13.0. The second-order valence-corrected chi connectivity index (χ2v) is 4.35. The summed E-state index contributed by atoms with van der Waals surface area (Å²) in [6.45, 7) is 2.08. The van der Waals surface area contributed by atoms with Crippen LogP contribution >= 0.6 is 11.6 Å². The molecule has 0 amide bonds. The van der Waals surface area contributed by atoms with Crippen molar-refractivity contribution >= 4 is 11.6 Å². The highest BCUT2D eigenvalue weighted by molar-refractivity contribution is 6.30. The van der Waals surface area contributed by atoms with Crippen molar-refractivity contribution in [3.63, 3.8) is 0 Å². The van der Waals surface area contributed by atoms with Crippen molar-refractivity contribution in [1.82, 2.24) is 5.32 Å². The van der Waals surface area contributed by atoms with Gasteiger partial charge in [0.2, 0.25) is 0 Å². The van der Waals surface area contributed by atoms with Gasteiger partial charge in [0.25, 0.3) is 0 Å². The van der Waals surface area contributed by atoms with Gasteiger partial charge < -0.3 is 20.9 Å². The van der Waals surface area contributed by atoms with Crippen LogP contribution in [0.5, 0.6) is 5.75 Å². The number of hydrogen-bond acceptors (Lipinski definition) is 4. The number of benzene rings is 1. The van der Waals surface area contributed by atoms with Crippen molar-refractivity contribution in [2.45, 2.75) is 19.1 Å². The Morgan fingerprint density at radius 1 is 1.53 bits per heavy atom. The van der Waals surface area contributed by atoms with Crippen molar-refractivity contribution in [3.8, 4) is 5.75 Å². The average Bonchev–Trinajstić information content (AvgIpc) is 2.29. The molecule has 0 aromatic heterocycles. The van der Waals surface area contributed by atoms with E-state index in [4.69, 9.17) is 22.1 Å². The summed E-state index contributed by atoms with van der Waals surface area (Å²) in [7, 11) is 3.36. The molecule has 0 aliphatic heterocycles. The van der Waals surface area contributed by atoms with Crippen LogP contribution in [0.25, 0.3) is 0 Å². The van der Waals surface area contributed by atoms with E-state index in [9.17, 15) is 5.11 Å². The number of aliphatic hydroxyl groups is 1. The van der Waals surface area contributed by atoms with E-state index in [1.54, 1.807) is 20.2 Å². The first-order valence-electron chi connectivity index (χ1n) is 5.44. The SMILES string of the molecule is CNC(c1cc(Cl)cc(C)c1OC)C(O)CN. The van der Waals surface area contributed by atoms with E-state index in [0.717, 1.165) is 16.9 Å². The Balaban J connectivity index is 3.26. The lowest BCUT2D eigenvalue weighted by atomic mass is 9.98. The van der Waals surface area contributed by atoms with Crippen LogP contribution in [-0.4, -0.2) is 31.9 Å². The first kappa shape index (κ1) is 14.3. The number of ether oxygens (including phenoxy) is 1. The summed E-state index contributed by atoms with van der Waals surface area (Å²) in [5, 5.41) is 13.5. The average molecular weight is 259 g/mol. The third-order valence-corrected chi connectivity index (χ3v) is 2.96. The minimum Gasteiger partial charge on any atom is -0.496 e. The highest BCUT2D eigenvalue weighted by Gasteiger charge is 2.23. The summed E-state index contributed by atoms with van der Waals surface area (Å²) < 4.78 is 5.36. The highest BCUT2D eigenvalue weighted by Crippen LogP contribution is 2.33. The maximum absolute atomic E-state index is 9.89. The van der Waals surface area contributed by atoms with E-state index >= 15 is 0 Å². The zero-order valence-electron chi connectivity index (χ0n) is 10.3. The minimum atomic E-state index is -0.688. The molecule has 2 unspecified atom stereocenters. The summed E-state index contributed by atoms with van der Waals surface area (Å²) in [4.78, 5) is 0. The van der Waals surface area contributed by atoms with Crippen LogP contribution in [-0.2, 0) is 0 Å². The van der Waals surface area contributed by atoms with Crippen molar-refractivity contribution in [2.75, 3.05) is 20.7 Å². The van der Waals surface area contributed by atoms with Crippen LogP contribution in [0.1, 0.15) is 17.2 Å². The fourth-order valence-corrected chi connectivity index (χ4v) is 2.24. The Kier molecular flexibility index (Phi) is 5.21. The number of nitrogens with one attached hydrogen (secondary N) is 1. The van der Waals surface area contributed by atoms with Gasteiger partial charge in [-0.2, -0.15) is 0 Å². The second kappa shape index (κ2) is 6.21. The molecule has 0 spiro atoms. The topological polar surface area (TPSA) is 67.5 Å². The highest BCUT2D eigenvalue weighted by atomic mass is 35.5. The monoisotopic (exact) mass is 258 g/mol. The quantitative estimate of drug-likeness (QED) is 0.743. The van der Waals surface area contributed by atoms with Gasteiger partial charge in [0.15, 0.2) is 0 Å². The summed E-state index contributed by atoms with van der Waals surface area (Å²) >= 11 is 6.03. The first-order chi connectivity index (χ1) is 8.04. The van der Waals surface area contributed by atoms with E-state index < -0.39 is 6.10 Å². The molecule has 0 saturated carbocycles. The predicted molar refractivity (Wildman–Crippen MR) is 69.6 cm³/mol. The van der Waals surface area contributed by atoms with E-state index in [0.29, 0.717) is 5.02 Å². The molecule has 96 valence electrons. The molecule has 2 atom stereocenters. The number of aliphatic hydroxyl groups excluding tert-OH is 1. The van der Waals surface area contributed by atoms with E-state index in [1.165, 1.54) is 0 Å². The Bertz CT molecular complexity index is 385. The molecule has 0 aliphatic carbocycles. The molecule has 0 fully saturated rings. The molecule has 0 radical (unpaired) electrons. The summed E-state index contributed by atoms with van der Waals surface area (Å²) in [5.41, 5.74) is 7.24. The number of rotatable bonds is 5. The third kappa shape index (κ3) is 3.10. The Labute approximate surface area is 107 Å². The largest absolute Gasteiger partial charge is 0.496 e. The van der Waals surface area contributed by atoms with Crippen LogP contribution < -0.4 is 15.8 Å². The molecule has 1 aromatic rings. The maximum atomic E-state index is 9.89. The lowest BCUT2D eigenvalue weighted by Gasteiger charge is -2.24. The molecule has 4 N–H and O–H groups in total. The number of halogens is 1. The van der Waals surface area contributed by atoms with Crippen LogP contribution in [0, 0.1) is 6.92 Å². The van der Waals surface area contributed by atoms with Gasteiger partial charge in [-0.05, 0) is 31.7 Å². The van der Waals surface area contributed by atoms with Crippen LogP contribution in [0.2, 0.25) is 5.02 Å². The van der Waals surface area contributed by atoms with Crippen molar-refractivity contribution in [1.29, 1.82) is 0 Å². The standard InChI is InChI=1S/C12H19ClN2O2/c1-7-4-8(13)5-9(12(7)17-3)11(15-2)10(16)6-14/h4-5,10-11,15-16H,6,14H2,1-3H3. The molecular weight excluding hydrogens is 240 g/mol. The number of methoxy groups -OCH3 is 1. The van der Waals surface area contributed by atoms with Crippen molar-refractivity contribution < 1.29 is 9.84 Å². The van der Waals surface area contributed by atoms with Gasteiger partial charge in [0.05, 0.1) is 19.3 Å². The third-order valence-electron chi connectivity index (χ3n) is 2.74. The minimum absolute atomic E-state index is 0.167. The molecule has 0 bridgehead atoms. The number of nitrogens with two attached hydrogens (primary N) is 1. The molecule has 1 aromatic carbocycles. The van der Waals surface area contributed by atoms with Gasteiger partial charge >= 0.3 is 0 Å². The van der Waals surface area contributed by atoms with E-state index in [2.05, 4.69) is 5.32 Å². The fraction of sp³-hybridized carbons (Fsp3) is 0.500. The lowest BCUT2D eigenvalue weighted by Crippen LogP contribution is -2.35. The second-order valence-electron chi connectivity index (χ2n) is 3.91. The molecule has 1 rings (SSSR count). The van der Waals surface area contributed by atoms with Gasteiger partial charge in [-0.1, -0.05) is 11.6 Å². The van der Waals surface area contributed by atoms with E-state index in [1.807, 2.05) is 13.0 Å². The number of hydrogen-bond donors (Lipinski definition) is 3.